The number of unbranched alkanes of at least 4 members (excludes halogenated alkanes) is 2. The second-order valence-electron chi connectivity index (χ2n) is 8.11. The number of nitrogens with one attached hydrogen (secondary N) is 2. The van der Waals surface area contributed by atoms with E-state index in [1.165, 1.54) is 24.4 Å². The van der Waals surface area contributed by atoms with E-state index < -0.39 is 10.9 Å². The molecule has 3 rings (SSSR count). The molecular weight excluding hydrogens is 512 g/mol. The molecule has 2 amide bonds. The second kappa shape index (κ2) is 14.2. The lowest BCUT2D eigenvalue weighted by atomic mass is 10.1. The molecule has 3 aromatic carbocycles. The number of hydrogen-bond donors (Lipinski definition) is 2. The zero-order valence-corrected chi connectivity index (χ0v) is 21.0. The fraction of sp³-hybridized carbons (Fsp3) is 0.185. The number of ether oxygens (including phenoxy) is 1. The fourth-order valence-electron chi connectivity index (χ4n) is 3.34. The van der Waals surface area contributed by atoms with Crippen LogP contribution in [0.1, 0.15) is 52.0 Å². The van der Waals surface area contributed by atoms with Gasteiger partial charge in [0.25, 0.3) is 11.6 Å². The van der Waals surface area contributed by atoms with Crippen LogP contribution in [-0.4, -0.2) is 35.5 Å². The van der Waals surface area contributed by atoms with E-state index in [-0.39, 0.29) is 35.2 Å². The van der Waals surface area contributed by atoms with Gasteiger partial charge in [-0.25, -0.2) is 10.2 Å². The zero-order chi connectivity index (χ0) is 27.3. The predicted molar refractivity (Wildman–Crippen MR) is 142 cm³/mol. The minimum absolute atomic E-state index is 0.0495. The van der Waals surface area contributed by atoms with Crippen LogP contribution in [0.15, 0.2) is 77.9 Å². The molecule has 11 heteroatoms. The molecular formula is C27H25ClN4O6. The van der Waals surface area contributed by atoms with Crippen molar-refractivity contribution in [1.82, 2.24) is 10.7 Å². The highest BCUT2D eigenvalue weighted by atomic mass is 35.5. The van der Waals surface area contributed by atoms with Crippen LogP contribution in [0.2, 0.25) is 5.02 Å². The molecule has 10 nitrogen and oxygen atoms in total. The molecule has 0 bridgehead atoms. The van der Waals surface area contributed by atoms with Crippen LogP contribution < -0.4 is 15.5 Å². The highest BCUT2D eigenvalue weighted by Gasteiger charge is 2.13. The molecule has 2 N–H and O–H groups in total. The summed E-state index contributed by atoms with van der Waals surface area (Å²) in [7, 11) is 0. The molecule has 3 aromatic rings. The van der Waals surface area contributed by atoms with Gasteiger partial charge in [-0.1, -0.05) is 48.4 Å². The van der Waals surface area contributed by atoms with Gasteiger partial charge in [-0.15, -0.1) is 0 Å². The van der Waals surface area contributed by atoms with Crippen LogP contribution in [-0.2, 0) is 4.79 Å². The lowest BCUT2D eigenvalue weighted by Crippen LogP contribution is -2.24. The van der Waals surface area contributed by atoms with Crippen molar-refractivity contribution >= 4 is 41.3 Å². The van der Waals surface area contributed by atoms with Crippen LogP contribution in [0.4, 0.5) is 5.69 Å². The Bertz CT molecular complexity index is 1340. The third-order valence-corrected chi connectivity index (χ3v) is 5.58. The van der Waals surface area contributed by atoms with E-state index in [1.54, 1.807) is 48.5 Å². The Hall–Kier alpha value is -4.57. The van der Waals surface area contributed by atoms with E-state index in [1.807, 2.05) is 0 Å². The van der Waals surface area contributed by atoms with Crippen molar-refractivity contribution in [2.45, 2.75) is 25.7 Å². The van der Waals surface area contributed by atoms with Crippen molar-refractivity contribution in [2.75, 3.05) is 6.54 Å². The number of carbonyl (C=O) groups excluding carboxylic acids is 3. The molecule has 0 aliphatic heterocycles. The Morgan fingerprint density at radius 3 is 2.55 bits per heavy atom. The number of amides is 2. The molecule has 38 heavy (non-hydrogen) atoms. The number of non-ortho nitro benzene ring substituents is 1. The van der Waals surface area contributed by atoms with Gasteiger partial charge in [-0.05, 0) is 48.7 Å². The van der Waals surface area contributed by atoms with E-state index >= 15 is 0 Å². The quantitative estimate of drug-likeness (QED) is 0.0841. The highest BCUT2D eigenvalue weighted by Crippen LogP contribution is 2.18. The van der Waals surface area contributed by atoms with Gasteiger partial charge in [0.05, 0.1) is 27.3 Å². The third kappa shape index (κ3) is 8.82. The molecule has 0 saturated carbocycles. The van der Waals surface area contributed by atoms with Crippen molar-refractivity contribution in [3.63, 3.8) is 0 Å². The highest BCUT2D eigenvalue weighted by molar-refractivity contribution is 6.33. The summed E-state index contributed by atoms with van der Waals surface area (Å²) < 4.78 is 5.29. The maximum absolute atomic E-state index is 12.3. The number of halogens is 1. The number of hydrazone groups is 1. The van der Waals surface area contributed by atoms with E-state index in [0.29, 0.717) is 35.5 Å². The standard InChI is InChI=1S/C27H25ClN4O6/c28-24-13-4-3-12-23(24)26(34)29-15-5-1-2-14-25(33)31-30-18-19-8-6-11-22(16-19)38-27(35)20-9-7-10-21(17-20)32(36)37/h3-4,6-13,16-18H,1-2,5,14-15H2,(H,29,34)(H,31,33). The number of nitrogens with zero attached hydrogens (tertiary/aromatic N) is 2. The van der Waals surface area contributed by atoms with Gasteiger partial charge in [0.15, 0.2) is 0 Å². The van der Waals surface area contributed by atoms with Crippen LogP contribution in [0.5, 0.6) is 5.75 Å². The van der Waals surface area contributed by atoms with E-state index in [0.717, 1.165) is 12.5 Å². The number of carbonyl (C=O) groups is 3. The van der Waals surface area contributed by atoms with Crippen LogP contribution >= 0.6 is 11.6 Å². The second-order valence-corrected chi connectivity index (χ2v) is 8.52. The first kappa shape index (κ1) is 28.0. The topological polar surface area (TPSA) is 140 Å². The maximum atomic E-state index is 12.3. The summed E-state index contributed by atoms with van der Waals surface area (Å²) in [4.78, 5) is 46.7. The first-order valence-electron chi connectivity index (χ1n) is 11.7. The largest absolute Gasteiger partial charge is 0.423 e. The summed E-state index contributed by atoms with van der Waals surface area (Å²) in [6, 6.07) is 18.5. The molecule has 0 aliphatic carbocycles. The molecule has 0 fully saturated rings. The normalized spacial score (nSPS) is 10.7. The number of benzene rings is 3. The van der Waals surface area contributed by atoms with Crippen molar-refractivity contribution in [3.8, 4) is 5.75 Å². The molecule has 0 aromatic heterocycles. The smallest absolute Gasteiger partial charge is 0.343 e. The first-order chi connectivity index (χ1) is 18.3. The molecule has 0 radical (unpaired) electrons. The van der Waals surface area contributed by atoms with Gasteiger partial charge in [0.2, 0.25) is 5.91 Å². The summed E-state index contributed by atoms with van der Waals surface area (Å²) in [5.41, 5.74) is 3.28. The minimum Gasteiger partial charge on any atom is -0.423 e. The van der Waals surface area contributed by atoms with Crippen LogP contribution in [0.3, 0.4) is 0 Å². The van der Waals surface area contributed by atoms with Gasteiger partial charge >= 0.3 is 5.97 Å². The van der Waals surface area contributed by atoms with Gasteiger partial charge < -0.3 is 10.1 Å². The zero-order valence-electron chi connectivity index (χ0n) is 20.3. The fourth-order valence-corrected chi connectivity index (χ4v) is 3.56. The van der Waals surface area contributed by atoms with E-state index in [9.17, 15) is 24.5 Å². The molecule has 0 heterocycles. The minimum atomic E-state index is -0.737. The maximum Gasteiger partial charge on any atom is 0.343 e. The van der Waals surface area contributed by atoms with Crippen molar-refractivity contribution in [1.29, 1.82) is 0 Å². The monoisotopic (exact) mass is 536 g/mol. The van der Waals surface area contributed by atoms with Crippen LogP contribution in [0.25, 0.3) is 0 Å². The summed E-state index contributed by atoms with van der Waals surface area (Å²) in [5.74, 6) is -1.00. The SMILES string of the molecule is O=C(CCCCCNC(=O)c1ccccc1Cl)NN=Cc1cccc(OC(=O)c2cccc([N+](=O)[O-])c2)c1. The lowest BCUT2D eigenvalue weighted by molar-refractivity contribution is -0.384. The van der Waals surface area contributed by atoms with Gasteiger partial charge in [-0.2, -0.15) is 5.10 Å². The summed E-state index contributed by atoms with van der Waals surface area (Å²) in [5, 5.41) is 18.0. The predicted octanol–water partition coefficient (Wildman–Crippen LogP) is 4.91. The molecule has 0 atom stereocenters. The van der Waals surface area contributed by atoms with Crippen molar-refractivity contribution < 1.29 is 24.0 Å². The average molecular weight is 537 g/mol. The summed E-state index contributed by atoms with van der Waals surface area (Å²) in [6.45, 7) is 0.478. The Morgan fingerprint density at radius 1 is 0.974 bits per heavy atom. The summed E-state index contributed by atoms with van der Waals surface area (Å²) >= 11 is 6.01. The Labute approximate surface area is 223 Å². The average Bonchev–Trinajstić information content (AvgIpc) is 2.91. The molecule has 0 aliphatic rings. The molecule has 0 unspecified atom stereocenters. The number of nitro groups is 1. The van der Waals surface area contributed by atoms with Gasteiger partial charge in [0, 0.05) is 25.1 Å². The molecule has 196 valence electrons. The van der Waals surface area contributed by atoms with E-state index in [2.05, 4.69) is 15.8 Å². The van der Waals surface area contributed by atoms with Gasteiger partial charge in [0.1, 0.15) is 5.75 Å². The van der Waals surface area contributed by atoms with Crippen LogP contribution in [0, 0.1) is 10.1 Å². The Kier molecular flexibility index (Phi) is 10.5. The number of hydrogen-bond acceptors (Lipinski definition) is 7. The summed E-state index contributed by atoms with van der Waals surface area (Å²) in [6.07, 6.45) is 3.78. The Balaban J connectivity index is 1.36. The van der Waals surface area contributed by atoms with E-state index in [4.69, 9.17) is 16.3 Å². The number of nitro benzene ring substituents is 1. The molecule has 0 spiro atoms. The number of rotatable bonds is 12. The van der Waals surface area contributed by atoms with Crippen molar-refractivity contribution in [3.05, 3.63) is 105 Å². The van der Waals surface area contributed by atoms with Gasteiger partial charge in [-0.3, -0.25) is 19.7 Å². The number of esters is 1. The first-order valence-corrected chi connectivity index (χ1v) is 12.1. The third-order valence-electron chi connectivity index (χ3n) is 5.25. The Morgan fingerprint density at radius 2 is 1.76 bits per heavy atom. The van der Waals surface area contributed by atoms with Crippen molar-refractivity contribution in [2.24, 2.45) is 5.10 Å². The lowest BCUT2D eigenvalue weighted by Gasteiger charge is -2.06. The molecule has 0 saturated heterocycles.